The van der Waals surface area contributed by atoms with E-state index in [2.05, 4.69) is 15.6 Å². The highest BCUT2D eigenvalue weighted by Crippen LogP contribution is 2.10. The second-order valence-electron chi connectivity index (χ2n) is 3.85. The maximum Gasteiger partial charge on any atom is 0.251 e. The molecule has 1 aliphatic rings. The normalized spacial score (nSPS) is 18.4. The summed E-state index contributed by atoms with van der Waals surface area (Å²) in [5, 5.41) is 6.11. The van der Waals surface area contributed by atoms with Gasteiger partial charge in [-0.25, -0.2) is 0 Å². The molecular weight excluding hydrogens is 178 g/mol. The van der Waals surface area contributed by atoms with Gasteiger partial charge in [-0.05, 0) is 19.1 Å². The van der Waals surface area contributed by atoms with Gasteiger partial charge in [-0.1, -0.05) is 0 Å². The molecule has 1 saturated heterocycles. The molecule has 2 heterocycles. The quantitative estimate of drug-likeness (QED) is 0.700. The Morgan fingerprint density at radius 3 is 2.64 bits per heavy atom. The van der Waals surface area contributed by atoms with Crippen molar-refractivity contribution in [2.45, 2.75) is 12.5 Å². The third-order valence-corrected chi connectivity index (χ3v) is 2.39. The van der Waals surface area contributed by atoms with Crippen molar-refractivity contribution in [3.63, 3.8) is 0 Å². The fraction of sp³-hybridized carbons (Fsp3) is 0.400. The van der Waals surface area contributed by atoms with Crippen LogP contribution in [0.15, 0.2) is 24.5 Å². The molecule has 1 fully saturated rings. The maximum atomic E-state index is 11.7. The molecule has 4 nitrogen and oxygen atoms in total. The first-order valence-corrected chi connectivity index (χ1v) is 4.63. The fourth-order valence-corrected chi connectivity index (χ4v) is 1.44. The van der Waals surface area contributed by atoms with Crippen LogP contribution in [0.3, 0.4) is 0 Å². The summed E-state index contributed by atoms with van der Waals surface area (Å²) in [5.74, 6) is -0.0311. The number of nitrogens with zero attached hydrogens (tertiary/aromatic N) is 1. The molecule has 1 aromatic heterocycles. The van der Waals surface area contributed by atoms with Gasteiger partial charge in [0.2, 0.25) is 0 Å². The van der Waals surface area contributed by atoms with E-state index in [1.807, 2.05) is 6.92 Å². The van der Waals surface area contributed by atoms with Crippen molar-refractivity contribution in [3.05, 3.63) is 30.1 Å². The lowest BCUT2D eigenvalue weighted by Crippen LogP contribution is -2.67. The molecule has 2 N–H and O–H groups in total. The minimum absolute atomic E-state index is 0.0311. The number of amides is 1. The number of hydrogen-bond donors (Lipinski definition) is 2. The summed E-state index contributed by atoms with van der Waals surface area (Å²) in [6, 6.07) is 3.43. The van der Waals surface area contributed by atoms with Gasteiger partial charge in [-0.2, -0.15) is 0 Å². The smallest absolute Gasteiger partial charge is 0.251 e. The van der Waals surface area contributed by atoms with Crippen LogP contribution in [0.1, 0.15) is 17.3 Å². The summed E-state index contributed by atoms with van der Waals surface area (Å²) in [4.78, 5) is 15.6. The molecule has 0 aromatic carbocycles. The third-order valence-electron chi connectivity index (χ3n) is 2.39. The Balaban J connectivity index is 2.03. The topological polar surface area (TPSA) is 54.0 Å². The summed E-state index contributed by atoms with van der Waals surface area (Å²) in [6.07, 6.45) is 3.24. The predicted molar refractivity (Wildman–Crippen MR) is 53.0 cm³/mol. The fourth-order valence-electron chi connectivity index (χ4n) is 1.44. The lowest BCUT2D eigenvalue weighted by atomic mass is 9.95. The number of carbonyl (C=O) groups is 1. The van der Waals surface area contributed by atoms with E-state index in [1.54, 1.807) is 24.5 Å². The molecule has 1 aromatic rings. The summed E-state index contributed by atoms with van der Waals surface area (Å²) in [6.45, 7) is 3.70. The molecule has 0 bridgehead atoms. The second-order valence-corrected chi connectivity index (χ2v) is 3.85. The van der Waals surface area contributed by atoms with Gasteiger partial charge >= 0.3 is 0 Å². The number of hydrogen-bond acceptors (Lipinski definition) is 3. The largest absolute Gasteiger partial charge is 0.344 e. The molecule has 0 spiro atoms. The average Bonchev–Trinajstić information content (AvgIpc) is 2.17. The Bertz CT molecular complexity index is 332. The van der Waals surface area contributed by atoms with E-state index in [9.17, 15) is 4.79 Å². The minimum atomic E-state index is -0.0830. The van der Waals surface area contributed by atoms with Crippen LogP contribution >= 0.6 is 0 Å². The van der Waals surface area contributed by atoms with Crippen molar-refractivity contribution >= 4 is 5.91 Å². The SMILES string of the molecule is CC1(NC(=O)c2ccncc2)CNC1. The zero-order chi connectivity index (χ0) is 10.0. The van der Waals surface area contributed by atoms with Crippen LogP contribution in [-0.4, -0.2) is 29.5 Å². The molecule has 74 valence electrons. The van der Waals surface area contributed by atoms with E-state index in [-0.39, 0.29) is 11.4 Å². The van der Waals surface area contributed by atoms with Gasteiger partial charge in [-0.15, -0.1) is 0 Å². The van der Waals surface area contributed by atoms with Crippen molar-refractivity contribution in [1.82, 2.24) is 15.6 Å². The Hall–Kier alpha value is -1.42. The van der Waals surface area contributed by atoms with E-state index < -0.39 is 0 Å². The number of nitrogens with one attached hydrogen (secondary N) is 2. The van der Waals surface area contributed by atoms with Crippen LogP contribution in [0.4, 0.5) is 0 Å². The highest BCUT2D eigenvalue weighted by atomic mass is 16.1. The van der Waals surface area contributed by atoms with Crippen LogP contribution in [0.2, 0.25) is 0 Å². The second kappa shape index (κ2) is 3.38. The molecule has 0 radical (unpaired) electrons. The Labute approximate surface area is 82.7 Å². The highest BCUT2D eigenvalue weighted by molar-refractivity contribution is 5.94. The number of aromatic nitrogens is 1. The molecule has 14 heavy (non-hydrogen) atoms. The van der Waals surface area contributed by atoms with Crippen molar-refractivity contribution < 1.29 is 4.79 Å². The van der Waals surface area contributed by atoms with Gasteiger partial charge in [0.05, 0.1) is 5.54 Å². The van der Waals surface area contributed by atoms with Gasteiger partial charge in [0.15, 0.2) is 0 Å². The van der Waals surface area contributed by atoms with E-state index in [1.165, 1.54) is 0 Å². The van der Waals surface area contributed by atoms with Crippen LogP contribution in [-0.2, 0) is 0 Å². The van der Waals surface area contributed by atoms with Crippen LogP contribution in [0.5, 0.6) is 0 Å². The first-order valence-electron chi connectivity index (χ1n) is 4.63. The molecule has 4 heteroatoms. The monoisotopic (exact) mass is 191 g/mol. The lowest BCUT2D eigenvalue weighted by Gasteiger charge is -2.40. The molecule has 0 aliphatic carbocycles. The molecular formula is C10H13N3O. The maximum absolute atomic E-state index is 11.7. The number of carbonyl (C=O) groups excluding carboxylic acids is 1. The summed E-state index contributed by atoms with van der Waals surface area (Å²) in [5.41, 5.74) is 0.577. The van der Waals surface area contributed by atoms with Crippen molar-refractivity contribution in [2.24, 2.45) is 0 Å². The van der Waals surface area contributed by atoms with E-state index >= 15 is 0 Å². The molecule has 2 rings (SSSR count). The molecule has 0 atom stereocenters. The van der Waals surface area contributed by atoms with Crippen LogP contribution in [0.25, 0.3) is 0 Å². The minimum Gasteiger partial charge on any atom is -0.344 e. The first-order chi connectivity index (χ1) is 6.70. The number of rotatable bonds is 2. The van der Waals surface area contributed by atoms with Crippen molar-refractivity contribution in [2.75, 3.05) is 13.1 Å². The van der Waals surface area contributed by atoms with Crippen molar-refractivity contribution in [3.8, 4) is 0 Å². The third kappa shape index (κ3) is 1.75. The zero-order valence-corrected chi connectivity index (χ0v) is 8.08. The van der Waals surface area contributed by atoms with Crippen LogP contribution in [0, 0.1) is 0 Å². The van der Waals surface area contributed by atoms with Gasteiger partial charge in [-0.3, -0.25) is 9.78 Å². The Kier molecular flexibility index (Phi) is 2.21. The van der Waals surface area contributed by atoms with E-state index in [0.29, 0.717) is 5.56 Å². The van der Waals surface area contributed by atoms with Gasteiger partial charge < -0.3 is 10.6 Å². The standard InChI is InChI=1S/C10H13N3O/c1-10(6-12-7-10)13-9(14)8-2-4-11-5-3-8/h2-5,12H,6-7H2,1H3,(H,13,14). The Morgan fingerprint density at radius 2 is 2.14 bits per heavy atom. The average molecular weight is 191 g/mol. The molecule has 1 amide bonds. The zero-order valence-electron chi connectivity index (χ0n) is 8.08. The number of pyridine rings is 1. The molecule has 0 unspecified atom stereocenters. The Morgan fingerprint density at radius 1 is 1.50 bits per heavy atom. The molecule has 0 saturated carbocycles. The van der Waals surface area contributed by atoms with Crippen molar-refractivity contribution in [1.29, 1.82) is 0 Å². The van der Waals surface area contributed by atoms with Crippen LogP contribution < -0.4 is 10.6 Å². The summed E-state index contributed by atoms with van der Waals surface area (Å²) in [7, 11) is 0. The van der Waals surface area contributed by atoms with E-state index in [4.69, 9.17) is 0 Å². The highest BCUT2D eigenvalue weighted by Gasteiger charge is 2.33. The molecule has 1 aliphatic heterocycles. The summed E-state index contributed by atoms with van der Waals surface area (Å²) < 4.78 is 0. The van der Waals surface area contributed by atoms with E-state index in [0.717, 1.165) is 13.1 Å². The van der Waals surface area contributed by atoms with Gasteiger partial charge in [0.25, 0.3) is 5.91 Å². The van der Waals surface area contributed by atoms with Gasteiger partial charge in [0.1, 0.15) is 0 Å². The first kappa shape index (κ1) is 9.15. The summed E-state index contributed by atoms with van der Waals surface area (Å²) >= 11 is 0. The lowest BCUT2D eigenvalue weighted by molar-refractivity contribution is 0.0872. The predicted octanol–water partition coefficient (Wildman–Crippen LogP) is 0.173. The van der Waals surface area contributed by atoms with Gasteiger partial charge in [0, 0.05) is 31.0 Å².